The summed E-state index contributed by atoms with van der Waals surface area (Å²) in [7, 11) is 1.61. The SMILES string of the molecule is COc1ccc(NNC(=O)OCC2c3ccccc3-c3ccccc32)cc1. The van der Waals surface area contributed by atoms with Crippen molar-refractivity contribution in [2.75, 3.05) is 19.1 Å². The highest BCUT2D eigenvalue weighted by Gasteiger charge is 2.28. The van der Waals surface area contributed by atoms with Crippen LogP contribution in [-0.4, -0.2) is 19.8 Å². The van der Waals surface area contributed by atoms with Gasteiger partial charge in [-0.05, 0) is 46.5 Å². The smallest absolute Gasteiger partial charge is 0.425 e. The molecule has 0 saturated heterocycles. The number of hydrogen-bond donors (Lipinski definition) is 2. The van der Waals surface area contributed by atoms with E-state index in [9.17, 15) is 4.79 Å². The van der Waals surface area contributed by atoms with Crippen molar-refractivity contribution < 1.29 is 14.3 Å². The van der Waals surface area contributed by atoms with Crippen molar-refractivity contribution in [2.45, 2.75) is 5.92 Å². The van der Waals surface area contributed by atoms with Crippen molar-refractivity contribution in [1.29, 1.82) is 0 Å². The van der Waals surface area contributed by atoms with Crippen LogP contribution >= 0.6 is 0 Å². The summed E-state index contributed by atoms with van der Waals surface area (Å²) in [5.74, 6) is 0.797. The van der Waals surface area contributed by atoms with Crippen LogP contribution in [0.2, 0.25) is 0 Å². The van der Waals surface area contributed by atoms with E-state index in [2.05, 4.69) is 35.1 Å². The monoisotopic (exact) mass is 360 g/mol. The summed E-state index contributed by atoms with van der Waals surface area (Å²) in [5.41, 5.74) is 10.9. The second-order valence-corrected chi connectivity index (χ2v) is 6.30. The van der Waals surface area contributed by atoms with Gasteiger partial charge in [0, 0.05) is 5.92 Å². The number of fused-ring (bicyclic) bond motifs is 3. The van der Waals surface area contributed by atoms with Gasteiger partial charge in [-0.3, -0.25) is 5.43 Å². The summed E-state index contributed by atoms with van der Waals surface area (Å²) in [6.45, 7) is 0.282. The molecule has 136 valence electrons. The third kappa shape index (κ3) is 3.44. The molecule has 1 amide bonds. The summed E-state index contributed by atoms with van der Waals surface area (Å²) >= 11 is 0. The second-order valence-electron chi connectivity index (χ2n) is 6.30. The molecule has 5 heteroatoms. The first kappa shape index (κ1) is 17.0. The molecule has 0 heterocycles. The molecule has 1 aliphatic rings. The lowest BCUT2D eigenvalue weighted by atomic mass is 9.98. The minimum atomic E-state index is -0.521. The number of rotatable bonds is 5. The molecule has 1 aliphatic carbocycles. The van der Waals surface area contributed by atoms with E-state index < -0.39 is 6.09 Å². The third-order valence-electron chi connectivity index (χ3n) is 4.74. The van der Waals surface area contributed by atoms with E-state index in [-0.39, 0.29) is 12.5 Å². The number of carbonyl (C=O) groups excluding carboxylic acids is 1. The lowest BCUT2D eigenvalue weighted by Crippen LogP contribution is -2.31. The average molecular weight is 360 g/mol. The van der Waals surface area contributed by atoms with Crippen molar-refractivity contribution in [2.24, 2.45) is 0 Å². The molecule has 0 unspecified atom stereocenters. The highest BCUT2D eigenvalue weighted by Crippen LogP contribution is 2.44. The van der Waals surface area contributed by atoms with Gasteiger partial charge in [-0.25, -0.2) is 10.2 Å². The average Bonchev–Trinajstić information content (AvgIpc) is 3.05. The summed E-state index contributed by atoms with van der Waals surface area (Å²) in [6, 6.07) is 23.7. The largest absolute Gasteiger partial charge is 0.497 e. The number of ether oxygens (including phenoxy) is 2. The normalized spacial score (nSPS) is 12.0. The maximum absolute atomic E-state index is 12.1. The Morgan fingerprint density at radius 3 is 2.07 bits per heavy atom. The first-order chi connectivity index (χ1) is 13.3. The van der Waals surface area contributed by atoms with Crippen LogP contribution in [0.3, 0.4) is 0 Å². The Balaban J connectivity index is 1.39. The van der Waals surface area contributed by atoms with Gasteiger partial charge in [0.05, 0.1) is 12.8 Å². The van der Waals surface area contributed by atoms with Crippen molar-refractivity contribution in [3.05, 3.63) is 83.9 Å². The van der Waals surface area contributed by atoms with Crippen LogP contribution in [0.25, 0.3) is 11.1 Å². The summed E-state index contributed by atoms with van der Waals surface area (Å²) in [5, 5.41) is 0. The Morgan fingerprint density at radius 1 is 0.889 bits per heavy atom. The molecule has 5 nitrogen and oxygen atoms in total. The van der Waals surface area contributed by atoms with E-state index in [1.807, 2.05) is 48.5 Å². The van der Waals surface area contributed by atoms with E-state index in [0.717, 1.165) is 11.4 Å². The summed E-state index contributed by atoms with van der Waals surface area (Å²) in [6.07, 6.45) is -0.521. The van der Waals surface area contributed by atoms with Gasteiger partial charge in [0.15, 0.2) is 0 Å². The van der Waals surface area contributed by atoms with Gasteiger partial charge in [-0.1, -0.05) is 48.5 Å². The zero-order valence-electron chi connectivity index (χ0n) is 14.9. The van der Waals surface area contributed by atoms with Gasteiger partial charge in [0.25, 0.3) is 0 Å². The van der Waals surface area contributed by atoms with E-state index in [1.165, 1.54) is 22.3 Å². The molecule has 3 aromatic carbocycles. The van der Waals surface area contributed by atoms with Gasteiger partial charge in [-0.2, -0.15) is 0 Å². The molecule has 0 fully saturated rings. The zero-order valence-corrected chi connectivity index (χ0v) is 14.9. The molecular formula is C22H20N2O3. The highest BCUT2D eigenvalue weighted by atomic mass is 16.6. The number of hydrogen-bond acceptors (Lipinski definition) is 4. The van der Waals surface area contributed by atoms with Crippen molar-refractivity contribution in [3.63, 3.8) is 0 Å². The molecule has 3 aromatic rings. The number of nitrogens with one attached hydrogen (secondary N) is 2. The molecule has 0 bridgehead atoms. The lowest BCUT2D eigenvalue weighted by molar-refractivity contribution is 0.145. The first-order valence-corrected chi connectivity index (χ1v) is 8.77. The molecule has 0 spiro atoms. The van der Waals surface area contributed by atoms with E-state index >= 15 is 0 Å². The van der Waals surface area contributed by atoms with Crippen LogP contribution in [0.15, 0.2) is 72.8 Å². The van der Waals surface area contributed by atoms with Crippen molar-refractivity contribution in [3.8, 4) is 16.9 Å². The van der Waals surface area contributed by atoms with E-state index in [0.29, 0.717) is 0 Å². The Kier molecular flexibility index (Phi) is 4.66. The lowest BCUT2D eigenvalue weighted by Gasteiger charge is -2.15. The number of carbonyl (C=O) groups is 1. The Bertz CT molecular complexity index is 908. The molecule has 0 aliphatic heterocycles. The van der Waals surface area contributed by atoms with Crippen LogP contribution in [-0.2, 0) is 4.74 Å². The summed E-state index contributed by atoms with van der Waals surface area (Å²) in [4.78, 5) is 12.1. The fourth-order valence-electron chi connectivity index (χ4n) is 3.43. The quantitative estimate of drug-likeness (QED) is 0.655. The third-order valence-corrected chi connectivity index (χ3v) is 4.74. The molecule has 27 heavy (non-hydrogen) atoms. The second kappa shape index (κ2) is 7.41. The fourth-order valence-corrected chi connectivity index (χ4v) is 3.43. The van der Waals surface area contributed by atoms with Crippen LogP contribution in [0, 0.1) is 0 Å². The molecule has 0 saturated carbocycles. The predicted octanol–water partition coefficient (Wildman–Crippen LogP) is 4.56. The summed E-state index contributed by atoms with van der Waals surface area (Å²) < 4.78 is 10.6. The van der Waals surface area contributed by atoms with Crippen molar-refractivity contribution in [1.82, 2.24) is 5.43 Å². The zero-order chi connectivity index (χ0) is 18.6. The van der Waals surface area contributed by atoms with Crippen molar-refractivity contribution >= 4 is 11.8 Å². The molecule has 0 atom stereocenters. The minimum absolute atomic E-state index is 0.0455. The number of benzene rings is 3. The number of anilines is 1. The Morgan fingerprint density at radius 2 is 1.48 bits per heavy atom. The van der Waals surface area contributed by atoms with Crippen LogP contribution in [0.5, 0.6) is 5.75 Å². The standard InChI is InChI=1S/C22H20N2O3/c1-26-16-12-10-15(11-13-16)23-24-22(25)27-14-21-19-8-4-2-6-17(19)18-7-3-5-9-20(18)21/h2-13,21,23H,14H2,1H3,(H,24,25). The number of methoxy groups -OCH3 is 1. The van der Waals surface area contributed by atoms with E-state index in [1.54, 1.807) is 7.11 Å². The number of amides is 1. The Hall–Kier alpha value is -3.47. The van der Waals surface area contributed by atoms with Gasteiger partial charge >= 0.3 is 6.09 Å². The molecule has 4 rings (SSSR count). The molecule has 2 N–H and O–H groups in total. The number of hydrazine groups is 1. The van der Waals surface area contributed by atoms with Crippen LogP contribution in [0.1, 0.15) is 17.0 Å². The topological polar surface area (TPSA) is 59.6 Å². The van der Waals surface area contributed by atoms with Crippen LogP contribution < -0.4 is 15.6 Å². The van der Waals surface area contributed by atoms with E-state index in [4.69, 9.17) is 9.47 Å². The molecule has 0 aromatic heterocycles. The molecular weight excluding hydrogens is 340 g/mol. The predicted molar refractivity (Wildman–Crippen MR) is 105 cm³/mol. The minimum Gasteiger partial charge on any atom is -0.497 e. The molecule has 0 radical (unpaired) electrons. The highest BCUT2D eigenvalue weighted by molar-refractivity contribution is 5.79. The van der Waals surface area contributed by atoms with Gasteiger partial charge < -0.3 is 9.47 Å². The first-order valence-electron chi connectivity index (χ1n) is 8.77. The maximum atomic E-state index is 12.1. The van der Waals surface area contributed by atoms with Gasteiger partial charge in [0.2, 0.25) is 0 Å². The van der Waals surface area contributed by atoms with Gasteiger partial charge in [-0.15, -0.1) is 0 Å². The Labute approximate surface area is 157 Å². The maximum Gasteiger partial charge on any atom is 0.425 e. The van der Waals surface area contributed by atoms with Gasteiger partial charge in [0.1, 0.15) is 12.4 Å². The van der Waals surface area contributed by atoms with Crippen LogP contribution in [0.4, 0.5) is 10.5 Å². The fraction of sp³-hybridized carbons (Fsp3) is 0.136.